The molecule has 1 aromatic heterocycles. The summed E-state index contributed by atoms with van der Waals surface area (Å²) in [5.41, 5.74) is 2.60. The Bertz CT molecular complexity index is 1320. The second kappa shape index (κ2) is 9.99. The van der Waals surface area contributed by atoms with Crippen molar-refractivity contribution in [1.29, 1.82) is 0 Å². The Labute approximate surface area is 214 Å². The van der Waals surface area contributed by atoms with Gasteiger partial charge >= 0.3 is 5.97 Å². The molecule has 0 aliphatic carbocycles. The number of carbonyl (C=O) groups excluding carboxylic acids is 2. The van der Waals surface area contributed by atoms with Gasteiger partial charge in [0.25, 0.3) is 5.91 Å². The van der Waals surface area contributed by atoms with E-state index >= 15 is 0 Å². The molecule has 0 bridgehead atoms. The minimum atomic E-state index is -0.992. The molecule has 9 heteroatoms. The van der Waals surface area contributed by atoms with Crippen molar-refractivity contribution in [3.8, 4) is 0 Å². The van der Waals surface area contributed by atoms with E-state index in [-0.39, 0.29) is 39.7 Å². The zero-order valence-corrected chi connectivity index (χ0v) is 21.0. The van der Waals surface area contributed by atoms with Crippen LogP contribution < -0.4 is 15.5 Å². The van der Waals surface area contributed by atoms with E-state index in [1.165, 1.54) is 19.3 Å². The van der Waals surface area contributed by atoms with E-state index in [0.29, 0.717) is 13.1 Å². The molecule has 3 aromatic rings. The number of hydrogen-bond donors (Lipinski definition) is 3. The molecule has 2 amide bonds. The van der Waals surface area contributed by atoms with E-state index < -0.39 is 11.4 Å². The lowest BCUT2D eigenvalue weighted by Crippen LogP contribution is -2.65. The summed E-state index contributed by atoms with van der Waals surface area (Å²) >= 11 is 6.00. The van der Waals surface area contributed by atoms with Gasteiger partial charge in [0.15, 0.2) is 0 Å². The third-order valence-corrected chi connectivity index (χ3v) is 6.73. The molecule has 186 valence electrons. The van der Waals surface area contributed by atoms with E-state index in [2.05, 4.69) is 29.5 Å². The minimum absolute atomic E-state index is 0.145. The molecule has 0 saturated carbocycles. The van der Waals surface area contributed by atoms with E-state index in [9.17, 15) is 19.5 Å². The van der Waals surface area contributed by atoms with E-state index in [1.54, 1.807) is 24.3 Å². The molecule has 36 heavy (non-hydrogen) atoms. The molecule has 8 nitrogen and oxygen atoms in total. The maximum absolute atomic E-state index is 14.0. The number of carbonyl (C=O) groups is 3. The normalized spacial score (nSPS) is 14.2. The van der Waals surface area contributed by atoms with E-state index in [0.717, 1.165) is 16.8 Å². The topological polar surface area (TPSA) is 112 Å². The van der Waals surface area contributed by atoms with Gasteiger partial charge in [0, 0.05) is 25.8 Å². The van der Waals surface area contributed by atoms with Crippen LogP contribution in [-0.2, 0) is 10.2 Å². The van der Waals surface area contributed by atoms with Crippen LogP contribution in [0.1, 0.15) is 51.6 Å². The van der Waals surface area contributed by atoms with Crippen LogP contribution in [0.4, 0.5) is 11.4 Å². The first-order valence-electron chi connectivity index (χ1n) is 11.5. The maximum atomic E-state index is 14.0. The third-order valence-electron chi connectivity index (χ3n) is 6.52. The molecule has 0 radical (unpaired) electrons. The van der Waals surface area contributed by atoms with Gasteiger partial charge in [0.1, 0.15) is 10.6 Å². The predicted molar refractivity (Wildman–Crippen MR) is 139 cm³/mol. The summed E-state index contributed by atoms with van der Waals surface area (Å²) in [6.45, 7) is 4.92. The highest BCUT2D eigenvalue weighted by Gasteiger charge is 2.52. The van der Waals surface area contributed by atoms with Gasteiger partial charge in [-0.1, -0.05) is 49.7 Å². The van der Waals surface area contributed by atoms with Crippen LogP contribution in [0.3, 0.4) is 0 Å². The van der Waals surface area contributed by atoms with Crippen LogP contribution in [0.25, 0.3) is 0 Å². The SMILES string of the molecule is CNC(=O)c1cc(Cl)ncc1NC(=O)C1(c2ccccc2C(C)C)CN(c2ccc(C(=O)O)cc2)C1. The fourth-order valence-corrected chi connectivity index (χ4v) is 4.73. The highest BCUT2D eigenvalue weighted by molar-refractivity contribution is 6.30. The van der Waals surface area contributed by atoms with Gasteiger partial charge in [0.05, 0.1) is 23.0 Å². The quantitative estimate of drug-likeness (QED) is 0.412. The fraction of sp³-hybridized carbons (Fsp3) is 0.259. The zero-order chi connectivity index (χ0) is 26.0. The summed E-state index contributed by atoms with van der Waals surface area (Å²) in [7, 11) is 1.50. The molecule has 0 unspecified atom stereocenters. The molecule has 1 aliphatic heterocycles. The summed E-state index contributed by atoms with van der Waals surface area (Å²) in [4.78, 5) is 43.7. The van der Waals surface area contributed by atoms with Crippen molar-refractivity contribution in [3.05, 3.63) is 88.2 Å². The number of rotatable bonds is 7. The van der Waals surface area contributed by atoms with Gasteiger partial charge in [0.2, 0.25) is 5.91 Å². The van der Waals surface area contributed by atoms with Crippen molar-refractivity contribution in [3.63, 3.8) is 0 Å². The van der Waals surface area contributed by atoms with Crippen molar-refractivity contribution in [2.75, 3.05) is 30.4 Å². The molecule has 0 atom stereocenters. The summed E-state index contributed by atoms with van der Waals surface area (Å²) in [6.07, 6.45) is 1.38. The summed E-state index contributed by atoms with van der Waals surface area (Å²) < 4.78 is 0. The first-order valence-corrected chi connectivity index (χ1v) is 11.9. The Morgan fingerprint density at radius 3 is 2.36 bits per heavy atom. The highest BCUT2D eigenvalue weighted by atomic mass is 35.5. The molecule has 4 rings (SSSR count). The number of hydrogen-bond acceptors (Lipinski definition) is 5. The second-order valence-electron chi connectivity index (χ2n) is 9.12. The van der Waals surface area contributed by atoms with Gasteiger partial charge in [-0.3, -0.25) is 9.59 Å². The Balaban J connectivity index is 1.71. The average Bonchev–Trinajstić information content (AvgIpc) is 2.84. The van der Waals surface area contributed by atoms with Gasteiger partial charge in [-0.15, -0.1) is 0 Å². The van der Waals surface area contributed by atoms with Crippen molar-refractivity contribution in [2.24, 2.45) is 0 Å². The summed E-state index contributed by atoms with van der Waals surface area (Å²) in [5, 5.41) is 14.8. The predicted octanol–water partition coefficient (Wildman–Crippen LogP) is 4.31. The number of carboxylic acid groups (broad SMARTS) is 1. The lowest BCUT2D eigenvalue weighted by atomic mass is 9.69. The molecule has 0 spiro atoms. The summed E-state index contributed by atoms with van der Waals surface area (Å²) in [5.74, 6) is -1.45. The lowest BCUT2D eigenvalue weighted by Gasteiger charge is -2.51. The van der Waals surface area contributed by atoms with Crippen LogP contribution in [0.5, 0.6) is 0 Å². The van der Waals surface area contributed by atoms with Crippen LogP contribution in [0, 0.1) is 0 Å². The number of nitrogens with one attached hydrogen (secondary N) is 2. The molecule has 1 fully saturated rings. The second-order valence-corrected chi connectivity index (χ2v) is 9.51. The molecular weight excluding hydrogens is 480 g/mol. The molecule has 1 aliphatic rings. The number of pyridine rings is 1. The molecular formula is C27H27ClN4O4. The number of halogens is 1. The van der Waals surface area contributed by atoms with Crippen LogP contribution in [0.15, 0.2) is 60.8 Å². The maximum Gasteiger partial charge on any atom is 0.335 e. The first kappa shape index (κ1) is 25.2. The number of carboxylic acids is 1. The number of nitrogens with zero attached hydrogens (tertiary/aromatic N) is 2. The Hall–Kier alpha value is -3.91. The molecule has 1 saturated heterocycles. The van der Waals surface area contributed by atoms with Gasteiger partial charge < -0.3 is 20.6 Å². The van der Waals surface area contributed by atoms with Crippen LogP contribution >= 0.6 is 11.6 Å². The zero-order valence-electron chi connectivity index (χ0n) is 20.2. The van der Waals surface area contributed by atoms with Crippen molar-refractivity contribution >= 4 is 40.8 Å². The number of anilines is 2. The Morgan fingerprint density at radius 2 is 1.75 bits per heavy atom. The highest BCUT2D eigenvalue weighted by Crippen LogP contribution is 2.42. The average molecular weight is 507 g/mol. The number of aromatic nitrogens is 1. The molecule has 3 N–H and O–H groups in total. The van der Waals surface area contributed by atoms with Crippen molar-refractivity contribution in [2.45, 2.75) is 25.2 Å². The standard InChI is InChI=1S/C27H27ClN4O4/c1-16(2)19-6-4-5-7-21(19)27(14-32(15-27)18-10-8-17(9-11-18)25(34)35)26(36)31-22-13-30-23(28)12-20(22)24(33)29-3/h4-13,16H,14-15H2,1-3H3,(H,29,33)(H,31,36)(H,34,35). The monoisotopic (exact) mass is 506 g/mol. The number of benzene rings is 2. The Morgan fingerprint density at radius 1 is 1.08 bits per heavy atom. The number of aromatic carboxylic acids is 1. The first-order chi connectivity index (χ1) is 17.2. The Kier molecular flexibility index (Phi) is 6.99. The smallest absolute Gasteiger partial charge is 0.335 e. The molecule has 2 heterocycles. The number of amides is 2. The van der Waals surface area contributed by atoms with Gasteiger partial charge in [-0.2, -0.15) is 0 Å². The summed E-state index contributed by atoms with van der Waals surface area (Å²) in [6, 6.07) is 15.9. The van der Waals surface area contributed by atoms with Gasteiger partial charge in [-0.25, -0.2) is 9.78 Å². The minimum Gasteiger partial charge on any atom is -0.478 e. The van der Waals surface area contributed by atoms with Crippen LogP contribution in [-0.4, -0.2) is 48.0 Å². The van der Waals surface area contributed by atoms with E-state index in [1.807, 2.05) is 29.2 Å². The van der Waals surface area contributed by atoms with Crippen molar-refractivity contribution in [1.82, 2.24) is 10.3 Å². The third kappa shape index (κ3) is 4.64. The van der Waals surface area contributed by atoms with Crippen molar-refractivity contribution < 1.29 is 19.5 Å². The fourth-order valence-electron chi connectivity index (χ4n) is 4.57. The van der Waals surface area contributed by atoms with Crippen LogP contribution in [0.2, 0.25) is 5.15 Å². The van der Waals surface area contributed by atoms with Gasteiger partial charge in [-0.05, 0) is 47.4 Å². The molecule has 2 aromatic carbocycles. The lowest BCUT2D eigenvalue weighted by molar-refractivity contribution is -0.122. The largest absolute Gasteiger partial charge is 0.478 e. The van der Waals surface area contributed by atoms with E-state index in [4.69, 9.17) is 11.6 Å².